The molecule has 1 heterocycles. The molecular formula is C19H13F3N2O3S. The van der Waals surface area contributed by atoms with Crippen molar-refractivity contribution < 1.29 is 27.5 Å². The van der Waals surface area contributed by atoms with E-state index in [0.717, 1.165) is 23.9 Å². The number of hydrogen-bond acceptors (Lipinski definition) is 5. The van der Waals surface area contributed by atoms with Gasteiger partial charge in [0, 0.05) is 0 Å². The number of hydrogen-bond donors (Lipinski definition) is 1. The van der Waals surface area contributed by atoms with Gasteiger partial charge in [-0.2, -0.15) is 13.2 Å². The summed E-state index contributed by atoms with van der Waals surface area (Å²) in [7, 11) is 1.28. The van der Waals surface area contributed by atoms with Crippen molar-refractivity contribution in [2.45, 2.75) is 6.18 Å². The number of nitrogens with one attached hydrogen (secondary N) is 1. The topological polar surface area (TPSA) is 67.8 Å². The Balaban J connectivity index is 1.79. The third-order valence-electron chi connectivity index (χ3n) is 3.68. The summed E-state index contributed by atoms with van der Waals surface area (Å²) in [5.41, 5.74) is 0.317. The largest absolute Gasteiger partial charge is 0.465 e. The maximum absolute atomic E-state index is 12.8. The van der Waals surface area contributed by atoms with Crippen LogP contribution in [0.2, 0.25) is 0 Å². The third-order valence-corrected chi connectivity index (χ3v) is 4.59. The van der Waals surface area contributed by atoms with Crippen LogP contribution in [0, 0.1) is 0 Å². The molecule has 9 heteroatoms. The van der Waals surface area contributed by atoms with Crippen molar-refractivity contribution in [1.29, 1.82) is 0 Å². The molecule has 2 aromatic rings. The molecular weight excluding hydrogens is 393 g/mol. The van der Waals surface area contributed by atoms with E-state index in [4.69, 9.17) is 0 Å². The summed E-state index contributed by atoms with van der Waals surface area (Å²) in [6.07, 6.45) is -2.88. The van der Waals surface area contributed by atoms with E-state index in [-0.39, 0.29) is 10.9 Å². The number of methoxy groups -OCH3 is 1. The summed E-state index contributed by atoms with van der Waals surface area (Å²) in [6, 6.07) is 11.0. The van der Waals surface area contributed by atoms with Gasteiger partial charge in [0.25, 0.3) is 5.91 Å². The van der Waals surface area contributed by atoms with Crippen molar-refractivity contribution in [3.05, 3.63) is 70.1 Å². The number of alkyl halides is 3. The summed E-state index contributed by atoms with van der Waals surface area (Å²) in [5.74, 6) is -0.879. The first-order valence-electron chi connectivity index (χ1n) is 7.91. The molecule has 0 saturated carbocycles. The van der Waals surface area contributed by atoms with Gasteiger partial charge in [-0.3, -0.25) is 4.79 Å². The van der Waals surface area contributed by atoms with Crippen LogP contribution in [-0.4, -0.2) is 24.2 Å². The van der Waals surface area contributed by atoms with E-state index >= 15 is 0 Å². The Morgan fingerprint density at radius 1 is 1.18 bits per heavy atom. The van der Waals surface area contributed by atoms with Crippen LogP contribution in [0.5, 0.6) is 0 Å². The lowest BCUT2D eigenvalue weighted by Gasteiger charge is -2.06. The normalized spacial score (nSPS) is 17.1. The van der Waals surface area contributed by atoms with Crippen molar-refractivity contribution in [3.8, 4) is 0 Å². The fourth-order valence-electron chi connectivity index (χ4n) is 2.33. The highest BCUT2D eigenvalue weighted by atomic mass is 32.2. The van der Waals surface area contributed by atoms with Crippen molar-refractivity contribution in [3.63, 3.8) is 0 Å². The molecule has 0 radical (unpaired) electrons. The summed E-state index contributed by atoms with van der Waals surface area (Å²) in [6.45, 7) is 0. The molecule has 0 aromatic heterocycles. The van der Waals surface area contributed by atoms with Crippen LogP contribution in [0.1, 0.15) is 21.5 Å². The summed E-state index contributed by atoms with van der Waals surface area (Å²) in [4.78, 5) is 27.9. The minimum absolute atomic E-state index is 0.0845. The molecule has 144 valence electrons. The molecule has 2 aromatic carbocycles. The predicted molar refractivity (Wildman–Crippen MR) is 100 cm³/mol. The first-order valence-corrected chi connectivity index (χ1v) is 8.73. The molecule has 1 fully saturated rings. The number of esters is 1. The quantitative estimate of drug-likeness (QED) is 0.607. The summed E-state index contributed by atoms with van der Waals surface area (Å²) >= 11 is 1.01. The maximum atomic E-state index is 12.8. The fraction of sp³-hybridized carbons (Fsp3) is 0.105. The van der Waals surface area contributed by atoms with E-state index in [1.165, 1.54) is 19.2 Å². The molecule has 1 aliphatic heterocycles. The van der Waals surface area contributed by atoms with E-state index < -0.39 is 23.6 Å². The lowest BCUT2D eigenvalue weighted by Crippen LogP contribution is -2.19. The van der Waals surface area contributed by atoms with Crippen LogP contribution in [0.3, 0.4) is 0 Å². The number of aliphatic imine (C=N–C) groups is 1. The van der Waals surface area contributed by atoms with E-state index in [2.05, 4.69) is 15.0 Å². The lowest BCUT2D eigenvalue weighted by molar-refractivity contribution is -0.137. The zero-order valence-electron chi connectivity index (χ0n) is 14.4. The second-order valence-electron chi connectivity index (χ2n) is 5.64. The van der Waals surface area contributed by atoms with Crippen LogP contribution in [0.25, 0.3) is 6.08 Å². The fourth-order valence-corrected chi connectivity index (χ4v) is 3.18. The second-order valence-corrected chi connectivity index (χ2v) is 6.67. The van der Waals surface area contributed by atoms with Crippen LogP contribution in [-0.2, 0) is 15.7 Å². The maximum Gasteiger partial charge on any atom is 0.416 e. The first kappa shape index (κ1) is 19.7. The van der Waals surface area contributed by atoms with Crippen molar-refractivity contribution in [1.82, 2.24) is 5.32 Å². The zero-order chi connectivity index (χ0) is 20.3. The lowest BCUT2D eigenvalue weighted by atomic mass is 10.1. The van der Waals surface area contributed by atoms with Gasteiger partial charge in [0.15, 0.2) is 5.17 Å². The van der Waals surface area contributed by atoms with Crippen LogP contribution in [0.4, 0.5) is 18.9 Å². The standard InChI is InChI=1S/C19H13F3N2O3S/c1-27-17(26)12-7-5-11(6-8-12)9-15-16(25)24-18(28-15)23-14-4-2-3-13(10-14)19(20,21)22/h2-10H,1H3,(H,23,24,25)/b15-9-. The summed E-state index contributed by atoms with van der Waals surface area (Å²) < 4.78 is 43.0. The number of amides is 1. The molecule has 0 spiro atoms. The van der Waals surface area contributed by atoms with Gasteiger partial charge < -0.3 is 10.1 Å². The van der Waals surface area contributed by atoms with Crippen LogP contribution in [0.15, 0.2) is 58.4 Å². The van der Waals surface area contributed by atoms with Gasteiger partial charge in [-0.1, -0.05) is 18.2 Å². The van der Waals surface area contributed by atoms with Gasteiger partial charge in [-0.15, -0.1) is 0 Å². The molecule has 5 nitrogen and oxygen atoms in total. The first-order chi connectivity index (χ1) is 13.3. The monoisotopic (exact) mass is 406 g/mol. The SMILES string of the molecule is COC(=O)c1ccc(/C=C2\SC(=Nc3cccc(C(F)(F)F)c3)NC2=O)cc1. The Labute approximate surface area is 162 Å². The van der Waals surface area contributed by atoms with Gasteiger partial charge >= 0.3 is 12.1 Å². The average molecular weight is 406 g/mol. The van der Waals surface area contributed by atoms with Gasteiger partial charge in [-0.25, -0.2) is 9.79 Å². The number of carbonyl (C=O) groups is 2. The molecule has 1 amide bonds. The number of thioether (sulfide) groups is 1. The molecule has 0 atom stereocenters. The van der Waals surface area contributed by atoms with Crippen molar-refractivity contribution >= 4 is 40.6 Å². The average Bonchev–Trinajstić information content (AvgIpc) is 3.00. The number of halogens is 3. The van der Waals surface area contributed by atoms with E-state index in [1.54, 1.807) is 30.3 Å². The molecule has 28 heavy (non-hydrogen) atoms. The van der Waals surface area contributed by atoms with Crippen LogP contribution < -0.4 is 5.32 Å². The molecule has 0 aliphatic carbocycles. The zero-order valence-corrected chi connectivity index (χ0v) is 15.2. The summed E-state index contributed by atoms with van der Waals surface area (Å²) in [5, 5.41) is 2.70. The number of benzene rings is 2. The molecule has 1 N–H and O–H groups in total. The minimum atomic E-state index is -4.47. The number of ether oxygens (including phenoxy) is 1. The Morgan fingerprint density at radius 2 is 1.89 bits per heavy atom. The molecule has 1 aliphatic rings. The van der Waals surface area contributed by atoms with Gasteiger partial charge in [0.2, 0.25) is 0 Å². The Kier molecular flexibility index (Phi) is 5.55. The molecule has 1 saturated heterocycles. The van der Waals surface area contributed by atoms with Crippen molar-refractivity contribution in [2.24, 2.45) is 4.99 Å². The highest BCUT2D eigenvalue weighted by Crippen LogP contribution is 2.33. The Bertz CT molecular complexity index is 983. The van der Waals surface area contributed by atoms with Gasteiger partial charge in [-0.05, 0) is 53.7 Å². The van der Waals surface area contributed by atoms with E-state index in [0.29, 0.717) is 16.0 Å². The smallest absolute Gasteiger partial charge is 0.416 e. The molecule has 0 bridgehead atoms. The predicted octanol–water partition coefficient (Wildman–Crippen LogP) is 4.38. The number of rotatable bonds is 3. The Morgan fingerprint density at radius 3 is 2.54 bits per heavy atom. The van der Waals surface area contributed by atoms with Crippen molar-refractivity contribution in [2.75, 3.05) is 7.11 Å². The van der Waals surface area contributed by atoms with Gasteiger partial charge in [0.1, 0.15) is 0 Å². The second kappa shape index (κ2) is 7.89. The molecule has 3 rings (SSSR count). The minimum Gasteiger partial charge on any atom is -0.465 e. The van der Waals surface area contributed by atoms with Gasteiger partial charge in [0.05, 0.1) is 28.8 Å². The van der Waals surface area contributed by atoms with Crippen LogP contribution >= 0.6 is 11.8 Å². The number of amidine groups is 1. The third kappa shape index (κ3) is 4.61. The number of nitrogens with zero attached hydrogens (tertiary/aromatic N) is 1. The highest BCUT2D eigenvalue weighted by Gasteiger charge is 2.30. The number of carbonyl (C=O) groups excluding carboxylic acids is 2. The molecule has 0 unspecified atom stereocenters. The van der Waals surface area contributed by atoms with E-state index in [9.17, 15) is 22.8 Å². The van der Waals surface area contributed by atoms with E-state index in [1.807, 2.05) is 0 Å². The highest BCUT2D eigenvalue weighted by molar-refractivity contribution is 8.18. The Hall–Kier alpha value is -3.07.